The Morgan fingerprint density at radius 3 is 2.55 bits per heavy atom. The first-order chi connectivity index (χ1) is 9.49. The number of hydrogen-bond donors (Lipinski definition) is 0. The molecule has 0 atom stereocenters. The minimum Gasteiger partial charge on any atom is -0.457 e. The van der Waals surface area contributed by atoms with Crippen molar-refractivity contribution in [2.24, 2.45) is 0 Å². The molecule has 4 nitrogen and oxygen atoms in total. The average Bonchev–Trinajstić information content (AvgIpc) is 2.38. The van der Waals surface area contributed by atoms with Crippen molar-refractivity contribution in [1.82, 2.24) is 0 Å². The van der Waals surface area contributed by atoms with E-state index in [0.717, 1.165) is 10.9 Å². The van der Waals surface area contributed by atoms with Gasteiger partial charge < -0.3 is 4.74 Å². The van der Waals surface area contributed by atoms with Crippen LogP contribution in [0.15, 0.2) is 40.9 Å². The summed E-state index contributed by atoms with van der Waals surface area (Å²) in [6.45, 7) is 1.99. The SMILES string of the molecule is Cc1cc(Oc2cc(Br)cc([N+](=O)[O-])c2)ccc1CBr. The topological polar surface area (TPSA) is 52.4 Å². The molecule has 0 N–H and O–H groups in total. The first kappa shape index (κ1) is 15.0. The normalized spacial score (nSPS) is 10.3. The number of non-ortho nitro benzene ring substituents is 1. The highest BCUT2D eigenvalue weighted by atomic mass is 79.9. The predicted molar refractivity (Wildman–Crippen MR) is 84.7 cm³/mol. The third kappa shape index (κ3) is 3.58. The lowest BCUT2D eigenvalue weighted by molar-refractivity contribution is -0.385. The Morgan fingerprint density at radius 1 is 1.20 bits per heavy atom. The van der Waals surface area contributed by atoms with Gasteiger partial charge in [-0.3, -0.25) is 10.1 Å². The maximum atomic E-state index is 10.8. The first-order valence-corrected chi connectivity index (χ1v) is 7.69. The fraction of sp³-hybridized carbons (Fsp3) is 0.143. The molecule has 2 rings (SSSR count). The first-order valence-electron chi connectivity index (χ1n) is 5.78. The predicted octanol–water partition coefficient (Wildman–Crippen LogP) is 5.35. The van der Waals surface area contributed by atoms with Gasteiger partial charge in [-0.05, 0) is 36.2 Å². The molecule has 2 aromatic rings. The zero-order chi connectivity index (χ0) is 14.7. The molecule has 0 heterocycles. The summed E-state index contributed by atoms with van der Waals surface area (Å²) in [5.74, 6) is 1.08. The number of nitro benzene ring substituents is 1. The van der Waals surface area contributed by atoms with Crippen LogP contribution in [0.5, 0.6) is 11.5 Å². The van der Waals surface area contributed by atoms with Crippen LogP contribution < -0.4 is 4.74 Å². The average molecular weight is 401 g/mol. The molecule has 104 valence electrons. The molecule has 0 spiro atoms. The number of ether oxygens (including phenoxy) is 1. The van der Waals surface area contributed by atoms with E-state index in [1.54, 1.807) is 6.07 Å². The molecule has 0 saturated carbocycles. The second-order valence-corrected chi connectivity index (χ2v) is 5.70. The molecular formula is C14H11Br2NO3. The minimum absolute atomic E-state index is 0.0109. The van der Waals surface area contributed by atoms with Crippen LogP contribution in [0.1, 0.15) is 11.1 Å². The number of hydrogen-bond acceptors (Lipinski definition) is 3. The van der Waals surface area contributed by atoms with Crippen LogP contribution in [0.25, 0.3) is 0 Å². The summed E-state index contributed by atoms with van der Waals surface area (Å²) in [7, 11) is 0. The quantitative estimate of drug-likeness (QED) is 0.394. The molecule has 20 heavy (non-hydrogen) atoms. The van der Waals surface area contributed by atoms with Crippen molar-refractivity contribution in [1.29, 1.82) is 0 Å². The molecule has 0 aliphatic rings. The standard InChI is InChI=1S/C14H11Br2NO3/c1-9-4-13(3-2-10(9)8-15)20-14-6-11(16)5-12(7-14)17(18)19/h2-7H,8H2,1H3. The Morgan fingerprint density at radius 2 is 1.95 bits per heavy atom. The van der Waals surface area contributed by atoms with Crippen LogP contribution in [0.3, 0.4) is 0 Å². The van der Waals surface area contributed by atoms with E-state index in [1.165, 1.54) is 17.7 Å². The van der Waals surface area contributed by atoms with Gasteiger partial charge in [0.05, 0.1) is 11.0 Å². The summed E-state index contributed by atoms with van der Waals surface area (Å²) < 4.78 is 6.29. The van der Waals surface area contributed by atoms with Crippen LogP contribution in [-0.2, 0) is 5.33 Å². The van der Waals surface area contributed by atoms with Crippen LogP contribution >= 0.6 is 31.9 Å². The summed E-state index contributed by atoms with van der Waals surface area (Å²) in [4.78, 5) is 10.4. The number of alkyl halides is 1. The van der Waals surface area contributed by atoms with E-state index in [4.69, 9.17) is 4.74 Å². The van der Waals surface area contributed by atoms with Crippen LogP contribution in [0.2, 0.25) is 0 Å². The van der Waals surface area contributed by atoms with Gasteiger partial charge in [0.2, 0.25) is 0 Å². The molecule has 0 aromatic heterocycles. The Balaban J connectivity index is 2.30. The fourth-order valence-electron chi connectivity index (χ4n) is 1.73. The monoisotopic (exact) mass is 399 g/mol. The Hall–Kier alpha value is -1.40. The minimum atomic E-state index is -0.448. The highest BCUT2D eigenvalue weighted by molar-refractivity contribution is 9.10. The third-order valence-corrected chi connectivity index (χ3v) is 3.82. The maximum absolute atomic E-state index is 10.8. The van der Waals surface area contributed by atoms with E-state index >= 15 is 0 Å². The van der Waals surface area contributed by atoms with E-state index in [0.29, 0.717) is 16.0 Å². The molecule has 0 aliphatic heterocycles. The Kier molecular flexibility index (Phi) is 4.77. The van der Waals surface area contributed by atoms with Gasteiger partial charge in [-0.15, -0.1) is 0 Å². The zero-order valence-corrected chi connectivity index (χ0v) is 13.8. The smallest absolute Gasteiger partial charge is 0.274 e. The summed E-state index contributed by atoms with van der Waals surface area (Å²) in [6, 6.07) is 10.2. The van der Waals surface area contributed by atoms with Gasteiger partial charge >= 0.3 is 0 Å². The van der Waals surface area contributed by atoms with Crippen molar-refractivity contribution in [3.8, 4) is 11.5 Å². The molecule has 0 radical (unpaired) electrons. The molecule has 0 saturated heterocycles. The van der Waals surface area contributed by atoms with Crippen molar-refractivity contribution in [3.63, 3.8) is 0 Å². The molecule has 6 heteroatoms. The summed E-state index contributed by atoms with van der Waals surface area (Å²) in [5, 5.41) is 11.6. The van der Waals surface area contributed by atoms with Crippen molar-refractivity contribution in [3.05, 3.63) is 62.1 Å². The highest BCUT2D eigenvalue weighted by Gasteiger charge is 2.10. The van der Waals surface area contributed by atoms with Crippen molar-refractivity contribution in [2.75, 3.05) is 0 Å². The molecule has 0 bridgehead atoms. The largest absolute Gasteiger partial charge is 0.457 e. The van der Waals surface area contributed by atoms with E-state index in [2.05, 4.69) is 31.9 Å². The molecule has 0 unspecified atom stereocenters. The Bertz CT molecular complexity index is 659. The van der Waals surface area contributed by atoms with Gasteiger partial charge in [-0.25, -0.2) is 0 Å². The maximum Gasteiger partial charge on any atom is 0.274 e. The van der Waals surface area contributed by atoms with E-state index in [1.807, 2.05) is 25.1 Å². The lowest BCUT2D eigenvalue weighted by atomic mass is 10.1. The van der Waals surface area contributed by atoms with Crippen molar-refractivity contribution < 1.29 is 9.66 Å². The van der Waals surface area contributed by atoms with Gasteiger partial charge in [0.1, 0.15) is 11.5 Å². The number of aryl methyl sites for hydroxylation is 1. The van der Waals surface area contributed by atoms with Crippen molar-refractivity contribution in [2.45, 2.75) is 12.3 Å². The zero-order valence-electron chi connectivity index (χ0n) is 10.6. The molecule has 0 aliphatic carbocycles. The van der Waals surface area contributed by atoms with Gasteiger partial charge in [0.25, 0.3) is 5.69 Å². The van der Waals surface area contributed by atoms with E-state index < -0.39 is 4.92 Å². The molecule has 0 fully saturated rings. The second kappa shape index (κ2) is 6.37. The number of halogens is 2. The number of nitrogens with zero attached hydrogens (tertiary/aromatic N) is 1. The van der Waals surface area contributed by atoms with Gasteiger partial charge in [0, 0.05) is 15.9 Å². The van der Waals surface area contributed by atoms with Crippen LogP contribution in [0, 0.1) is 17.0 Å². The van der Waals surface area contributed by atoms with E-state index in [9.17, 15) is 10.1 Å². The van der Waals surface area contributed by atoms with Crippen molar-refractivity contribution >= 4 is 37.5 Å². The number of nitro groups is 1. The van der Waals surface area contributed by atoms with Gasteiger partial charge in [-0.1, -0.05) is 37.9 Å². The molecular weight excluding hydrogens is 390 g/mol. The fourth-order valence-corrected chi connectivity index (χ4v) is 2.82. The lowest BCUT2D eigenvalue weighted by Crippen LogP contribution is -1.91. The van der Waals surface area contributed by atoms with Crippen LogP contribution in [-0.4, -0.2) is 4.92 Å². The van der Waals surface area contributed by atoms with Crippen LogP contribution in [0.4, 0.5) is 5.69 Å². The summed E-state index contributed by atoms with van der Waals surface area (Å²) in [5.41, 5.74) is 2.27. The number of rotatable bonds is 4. The summed E-state index contributed by atoms with van der Waals surface area (Å²) >= 11 is 6.65. The lowest BCUT2D eigenvalue weighted by Gasteiger charge is -2.09. The second-order valence-electron chi connectivity index (χ2n) is 4.23. The molecule has 2 aromatic carbocycles. The van der Waals surface area contributed by atoms with E-state index in [-0.39, 0.29) is 5.69 Å². The van der Waals surface area contributed by atoms with Gasteiger partial charge in [0.15, 0.2) is 0 Å². The third-order valence-electron chi connectivity index (χ3n) is 2.76. The van der Waals surface area contributed by atoms with Gasteiger partial charge in [-0.2, -0.15) is 0 Å². The summed E-state index contributed by atoms with van der Waals surface area (Å²) in [6.07, 6.45) is 0. The highest BCUT2D eigenvalue weighted by Crippen LogP contribution is 2.30. The molecule has 0 amide bonds. The number of benzene rings is 2. The Labute approximate surface area is 133 Å².